The average Bonchev–Trinajstić information content (AvgIpc) is 2.70. The van der Waals surface area contributed by atoms with Crippen LogP contribution < -0.4 is 0 Å². The van der Waals surface area contributed by atoms with Gasteiger partial charge < -0.3 is 0 Å². The second-order valence-electron chi connectivity index (χ2n) is 8.94. The van der Waals surface area contributed by atoms with E-state index in [0.717, 1.165) is 25.7 Å². The van der Waals surface area contributed by atoms with Crippen molar-refractivity contribution in [1.82, 2.24) is 0 Å². The van der Waals surface area contributed by atoms with Crippen LogP contribution in [-0.4, -0.2) is 67.0 Å². The van der Waals surface area contributed by atoms with Gasteiger partial charge in [-0.1, -0.05) is 129 Å². The molecule has 2 N–H and O–H groups in total. The molecule has 1 radical (unpaired) electrons. The molecule has 0 spiro atoms. The molecule has 0 rings (SSSR count). The van der Waals surface area contributed by atoms with Crippen molar-refractivity contribution in [2.24, 2.45) is 0 Å². The van der Waals surface area contributed by atoms with Crippen LogP contribution in [0.4, 0.5) is 0 Å². The molecule has 0 aromatic carbocycles. The van der Waals surface area contributed by atoms with E-state index in [9.17, 15) is 16.8 Å². The van der Waals surface area contributed by atoms with Gasteiger partial charge in [0.05, 0.1) is 11.5 Å². The predicted octanol–water partition coefficient (Wildman–Crippen LogP) is 7.21. The van der Waals surface area contributed by atoms with E-state index in [-0.39, 0.29) is 41.1 Å². The Bertz CT molecular complexity index is 528. The second-order valence-corrected chi connectivity index (χ2v) is 12.1. The van der Waals surface area contributed by atoms with E-state index < -0.39 is 20.2 Å². The molecule has 9 heteroatoms. The summed E-state index contributed by atoms with van der Waals surface area (Å²) in [7, 11) is -7.46. The standard InChI is InChI=1S/2C12H26O3S.Na/c2*1-2-3-4-5-6-7-8-9-10-11-12-16(13,14)15;/h2*2-12H2,1H3,(H,13,14,15);. The van der Waals surface area contributed by atoms with Crippen LogP contribution in [0.2, 0.25) is 0 Å². The molecule has 6 nitrogen and oxygen atoms in total. The van der Waals surface area contributed by atoms with Crippen LogP contribution in [0.3, 0.4) is 0 Å². The first-order chi connectivity index (χ1) is 15.1. The van der Waals surface area contributed by atoms with Crippen molar-refractivity contribution in [2.75, 3.05) is 11.5 Å². The minimum absolute atomic E-state index is 0. The molecule has 197 valence electrons. The molecule has 0 aliphatic heterocycles. The summed E-state index contributed by atoms with van der Waals surface area (Å²) in [6.45, 7) is 4.43. The molecule has 0 bridgehead atoms. The SMILES string of the molecule is CCCCCCCCCCCCS(=O)(=O)O.CCCCCCCCCCCCS(=O)(=O)O.[Na]. The fraction of sp³-hybridized carbons (Fsp3) is 1.00. The Morgan fingerprint density at radius 3 is 0.758 bits per heavy atom. The molecule has 0 unspecified atom stereocenters. The van der Waals surface area contributed by atoms with E-state index in [0.29, 0.717) is 12.8 Å². The van der Waals surface area contributed by atoms with Gasteiger partial charge in [0, 0.05) is 29.6 Å². The maximum atomic E-state index is 10.4. The van der Waals surface area contributed by atoms with Crippen molar-refractivity contribution in [3.05, 3.63) is 0 Å². The van der Waals surface area contributed by atoms with Crippen LogP contribution in [0.1, 0.15) is 142 Å². The van der Waals surface area contributed by atoms with Crippen molar-refractivity contribution in [3.63, 3.8) is 0 Å². The average molecular weight is 524 g/mol. The normalized spacial score (nSPS) is 11.5. The third kappa shape index (κ3) is 43.3. The largest absolute Gasteiger partial charge is 0.286 e. The van der Waals surface area contributed by atoms with E-state index in [1.165, 1.54) is 89.9 Å². The van der Waals surface area contributed by atoms with Gasteiger partial charge in [0.25, 0.3) is 20.2 Å². The van der Waals surface area contributed by atoms with E-state index in [2.05, 4.69) is 13.8 Å². The molecule has 0 saturated carbocycles. The quantitative estimate of drug-likeness (QED) is 0.0881. The van der Waals surface area contributed by atoms with Crippen LogP contribution in [0.15, 0.2) is 0 Å². The summed E-state index contributed by atoms with van der Waals surface area (Å²) in [6.07, 6.45) is 23.3. The number of hydrogen-bond donors (Lipinski definition) is 2. The topological polar surface area (TPSA) is 109 Å². The molecule has 0 atom stereocenters. The maximum absolute atomic E-state index is 10.4. The summed E-state index contributed by atoms with van der Waals surface area (Å²) in [5.41, 5.74) is 0. The molecule has 0 amide bonds. The summed E-state index contributed by atoms with van der Waals surface area (Å²) >= 11 is 0. The summed E-state index contributed by atoms with van der Waals surface area (Å²) in [6, 6.07) is 0. The van der Waals surface area contributed by atoms with Gasteiger partial charge in [-0.15, -0.1) is 0 Å². The van der Waals surface area contributed by atoms with Gasteiger partial charge in [0.2, 0.25) is 0 Å². The fourth-order valence-corrected chi connectivity index (χ4v) is 4.68. The van der Waals surface area contributed by atoms with Crippen LogP contribution in [0, 0.1) is 0 Å². The van der Waals surface area contributed by atoms with Gasteiger partial charge in [-0.3, -0.25) is 9.11 Å². The van der Waals surface area contributed by atoms with Crippen LogP contribution in [0.25, 0.3) is 0 Å². The van der Waals surface area contributed by atoms with Crippen molar-refractivity contribution < 1.29 is 25.9 Å². The van der Waals surface area contributed by atoms with E-state index in [1.54, 1.807) is 0 Å². The van der Waals surface area contributed by atoms with Crippen LogP contribution in [-0.2, 0) is 20.2 Å². The van der Waals surface area contributed by atoms with E-state index in [1.807, 2.05) is 0 Å². The number of hydrogen-bond acceptors (Lipinski definition) is 4. The minimum atomic E-state index is -3.73. The molecule has 33 heavy (non-hydrogen) atoms. The van der Waals surface area contributed by atoms with Crippen molar-refractivity contribution in [1.29, 1.82) is 0 Å². The predicted molar refractivity (Wildman–Crippen MR) is 142 cm³/mol. The van der Waals surface area contributed by atoms with Gasteiger partial charge >= 0.3 is 0 Å². The zero-order valence-corrected chi connectivity index (χ0v) is 25.5. The second kappa shape index (κ2) is 27.4. The van der Waals surface area contributed by atoms with Crippen LogP contribution in [0.5, 0.6) is 0 Å². The Morgan fingerprint density at radius 2 is 0.576 bits per heavy atom. The van der Waals surface area contributed by atoms with E-state index >= 15 is 0 Å². The van der Waals surface area contributed by atoms with Gasteiger partial charge in [-0.05, 0) is 12.8 Å². The molecule has 0 aromatic rings. The van der Waals surface area contributed by atoms with Gasteiger partial charge in [0.1, 0.15) is 0 Å². The maximum Gasteiger partial charge on any atom is 0.264 e. The number of rotatable bonds is 22. The summed E-state index contributed by atoms with van der Waals surface area (Å²) in [4.78, 5) is 0. The minimum Gasteiger partial charge on any atom is -0.286 e. The zero-order valence-electron chi connectivity index (χ0n) is 21.9. The summed E-state index contributed by atoms with van der Waals surface area (Å²) < 4.78 is 58.7. The molecular weight excluding hydrogens is 471 g/mol. The van der Waals surface area contributed by atoms with Gasteiger partial charge in [0.15, 0.2) is 0 Å². The Balaban J connectivity index is -0.000000529. The third-order valence-electron chi connectivity index (χ3n) is 5.51. The summed E-state index contributed by atoms with van der Waals surface area (Å²) in [5, 5.41) is 0. The first-order valence-electron chi connectivity index (χ1n) is 13.0. The summed E-state index contributed by atoms with van der Waals surface area (Å²) in [5.74, 6) is -0.160. The zero-order chi connectivity index (χ0) is 24.6. The Labute approximate surface area is 228 Å². The molecular formula is C24H52NaO6S2. The first-order valence-corrected chi connectivity index (χ1v) is 16.2. The molecule has 0 saturated heterocycles. The number of unbranched alkanes of at least 4 members (excludes halogenated alkanes) is 18. The molecule has 0 heterocycles. The Hall–Kier alpha value is 0.820. The molecule has 0 fully saturated rings. The fourth-order valence-electron chi connectivity index (χ4n) is 3.54. The van der Waals surface area contributed by atoms with Gasteiger partial charge in [-0.25, -0.2) is 0 Å². The first kappa shape index (κ1) is 38.4. The molecule has 0 aromatic heterocycles. The molecule has 0 aliphatic rings. The van der Waals surface area contributed by atoms with Gasteiger partial charge in [-0.2, -0.15) is 16.8 Å². The third-order valence-corrected chi connectivity index (χ3v) is 7.12. The smallest absolute Gasteiger partial charge is 0.264 e. The Kier molecular flexibility index (Phi) is 31.9. The van der Waals surface area contributed by atoms with Crippen molar-refractivity contribution in [3.8, 4) is 0 Å². The molecule has 0 aliphatic carbocycles. The van der Waals surface area contributed by atoms with Crippen molar-refractivity contribution in [2.45, 2.75) is 142 Å². The van der Waals surface area contributed by atoms with Crippen LogP contribution >= 0.6 is 0 Å². The van der Waals surface area contributed by atoms with E-state index in [4.69, 9.17) is 9.11 Å². The van der Waals surface area contributed by atoms with Crippen molar-refractivity contribution >= 4 is 49.8 Å². The Morgan fingerprint density at radius 1 is 0.394 bits per heavy atom. The monoisotopic (exact) mass is 523 g/mol.